The number of carbonyl (C=O) groups is 1. The highest BCUT2D eigenvalue weighted by molar-refractivity contribution is 6.08. The van der Waals surface area contributed by atoms with Gasteiger partial charge in [0.25, 0.3) is 5.91 Å². The third-order valence-corrected chi connectivity index (χ3v) is 2.66. The number of nitrogen functional groups attached to an aromatic ring is 1. The molecule has 0 bridgehead atoms. The molecule has 0 saturated heterocycles. The monoisotopic (exact) mass is 272 g/mol. The Kier molecular flexibility index (Phi) is 4.52. The third-order valence-electron chi connectivity index (χ3n) is 2.66. The molecule has 0 fully saturated rings. The first-order chi connectivity index (χ1) is 9.76. The maximum absolute atomic E-state index is 12.2. The van der Waals surface area contributed by atoms with E-state index in [1.807, 2.05) is 19.1 Å². The van der Waals surface area contributed by atoms with Crippen molar-refractivity contribution < 1.29 is 9.53 Å². The molecule has 104 valence electrons. The number of amides is 1. The van der Waals surface area contributed by atoms with E-state index in [1.165, 1.54) is 6.20 Å². The van der Waals surface area contributed by atoms with Gasteiger partial charge < -0.3 is 15.5 Å². The summed E-state index contributed by atoms with van der Waals surface area (Å²) in [7, 11) is 0. The fourth-order valence-corrected chi connectivity index (χ4v) is 1.74. The number of nitrogens with one attached hydrogen (secondary N) is 2. The molecule has 2 rings (SSSR count). The van der Waals surface area contributed by atoms with Crippen LogP contribution >= 0.6 is 0 Å². The van der Waals surface area contributed by atoms with Gasteiger partial charge in [0.1, 0.15) is 5.75 Å². The minimum absolute atomic E-state index is 0.307. The number of nitrogens with zero attached hydrogens (tertiary/aromatic N) is 1. The average Bonchev–Trinajstić information content (AvgIpc) is 2.49. The number of benzene rings is 1. The molecule has 0 radical (unpaired) electrons. The number of rotatable bonds is 5. The van der Waals surface area contributed by atoms with Crippen molar-refractivity contribution in [2.24, 2.45) is 5.84 Å². The van der Waals surface area contributed by atoms with Crippen LogP contribution in [-0.2, 0) is 0 Å². The Morgan fingerprint density at radius 1 is 1.30 bits per heavy atom. The summed E-state index contributed by atoms with van der Waals surface area (Å²) in [6.45, 7) is 2.41. The van der Waals surface area contributed by atoms with Crippen molar-refractivity contribution in [3.05, 3.63) is 48.3 Å². The van der Waals surface area contributed by atoms with Gasteiger partial charge >= 0.3 is 0 Å². The Morgan fingerprint density at radius 2 is 2.10 bits per heavy atom. The van der Waals surface area contributed by atoms with Crippen molar-refractivity contribution in [3.8, 4) is 5.75 Å². The van der Waals surface area contributed by atoms with Crippen molar-refractivity contribution in [2.75, 3.05) is 17.3 Å². The number of para-hydroxylation sites is 2. The van der Waals surface area contributed by atoms with Crippen LogP contribution < -0.4 is 21.3 Å². The van der Waals surface area contributed by atoms with E-state index in [9.17, 15) is 4.79 Å². The van der Waals surface area contributed by atoms with E-state index in [-0.39, 0.29) is 5.91 Å². The number of aromatic nitrogens is 1. The molecule has 0 spiro atoms. The number of hydrogen-bond acceptors (Lipinski definition) is 5. The molecule has 0 saturated carbocycles. The summed E-state index contributed by atoms with van der Waals surface area (Å²) >= 11 is 0. The van der Waals surface area contributed by atoms with Crippen molar-refractivity contribution >= 4 is 17.3 Å². The molecule has 2 aromatic rings. The molecule has 6 nitrogen and oxygen atoms in total. The summed E-state index contributed by atoms with van der Waals surface area (Å²) in [5.41, 5.74) is 3.94. The van der Waals surface area contributed by atoms with Crippen molar-refractivity contribution in [2.45, 2.75) is 6.92 Å². The highest BCUT2D eigenvalue weighted by Crippen LogP contribution is 2.25. The standard InChI is InChI=1S/C14H16N4O2/c1-2-20-13-6-4-3-5-12(13)17-14(19)10-9-16-8-7-11(10)18-15/h3-9H,2,15H2,1H3,(H,16,18)(H,17,19). The molecular weight excluding hydrogens is 256 g/mol. The number of hydrogen-bond donors (Lipinski definition) is 3. The fourth-order valence-electron chi connectivity index (χ4n) is 1.74. The number of carbonyl (C=O) groups excluding carboxylic acids is 1. The lowest BCUT2D eigenvalue weighted by Crippen LogP contribution is -2.18. The lowest BCUT2D eigenvalue weighted by Gasteiger charge is -2.12. The van der Waals surface area contributed by atoms with Crippen LogP contribution in [0.4, 0.5) is 11.4 Å². The molecule has 0 atom stereocenters. The molecule has 1 aromatic carbocycles. The summed E-state index contributed by atoms with van der Waals surface area (Å²) in [6.07, 6.45) is 3.01. The van der Waals surface area contributed by atoms with Gasteiger partial charge in [-0.1, -0.05) is 12.1 Å². The molecule has 6 heteroatoms. The zero-order valence-corrected chi connectivity index (χ0v) is 11.1. The number of hydrazine groups is 1. The second-order valence-electron chi connectivity index (χ2n) is 3.95. The fraction of sp³-hybridized carbons (Fsp3) is 0.143. The van der Waals surface area contributed by atoms with Gasteiger partial charge in [-0.3, -0.25) is 15.6 Å². The second-order valence-corrected chi connectivity index (χ2v) is 3.95. The van der Waals surface area contributed by atoms with Crippen molar-refractivity contribution in [1.29, 1.82) is 0 Å². The quantitative estimate of drug-likeness (QED) is 0.572. The summed E-state index contributed by atoms with van der Waals surface area (Å²) in [4.78, 5) is 16.2. The lowest BCUT2D eigenvalue weighted by molar-refractivity contribution is 0.102. The van der Waals surface area contributed by atoms with Gasteiger partial charge in [0.15, 0.2) is 0 Å². The molecule has 0 aliphatic heterocycles. The predicted octanol–water partition coefficient (Wildman–Crippen LogP) is 2.02. The normalized spacial score (nSPS) is 9.90. The van der Waals surface area contributed by atoms with E-state index in [0.29, 0.717) is 29.3 Å². The number of pyridine rings is 1. The minimum Gasteiger partial charge on any atom is -0.492 e. The van der Waals surface area contributed by atoms with Gasteiger partial charge in [-0.25, -0.2) is 0 Å². The van der Waals surface area contributed by atoms with Crippen molar-refractivity contribution in [3.63, 3.8) is 0 Å². The molecule has 20 heavy (non-hydrogen) atoms. The summed E-state index contributed by atoms with van der Waals surface area (Å²) in [6, 6.07) is 8.86. The van der Waals surface area contributed by atoms with E-state index in [1.54, 1.807) is 24.4 Å². The topological polar surface area (TPSA) is 89.3 Å². The first-order valence-corrected chi connectivity index (χ1v) is 6.20. The Morgan fingerprint density at radius 3 is 2.85 bits per heavy atom. The lowest BCUT2D eigenvalue weighted by atomic mass is 10.2. The number of ether oxygens (including phenoxy) is 1. The van der Waals surface area contributed by atoms with Gasteiger partial charge in [-0.2, -0.15) is 0 Å². The van der Waals surface area contributed by atoms with Crippen LogP contribution in [0.25, 0.3) is 0 Å². The van der Waals surface area contributed by atoms with E-state index in [4.69, 9.17) is 10.6 Å². The maximum atomic E-state index is 12.2. The molecule has 1 heterocycles. The Hall–Kier alpha value is -2.60. The van der Waals surface area contributed by atoms with Gasteiger partial charge in [0.2, 0.25) is 0 Å². The molecule has 4 N–H and O–H groups in total. The van der Waals surface area contributed by atoms with Crippen LogP contribution in [0, 0.1) is 0 Å². The molecule has 0 aliphatic carbocycles. The van der Waals surface area contributed by atoms with Gasteiger partial charge in [-0.05, 0) is 25.1 Å². The number of anilines is 2. The van der Waals surface area contributed by atoms with E-state index >= 15 is 0 Å². The van der Waals surface area contributed by atoms with Crippen LogP contribution in [0.5, 0.6) is 5.75 Å². The Balaban J connectivity index is 2.24. The first-order valence-electron chi connectivity index (χ1n) is 6.20. The molecular formula is C14H16N4O2. The van der Waals surface area contributed by atoms with E-state index < -0.39 is 0 Å². The minimum atomic E-state index is -0.307. The zero-order chi connectivity index (χ0) is 14.4. The van der Waals surface area contributed by atoms with E-state index in [2.05, 4.69) is 15.7 Å². The van der Waals surface area contributed by atoms with Gasteiger partial charge in [-0.15, -0.1) is 0 Å². The van der Waals surface area contributed by atoms with Gasteiger partial charge in [0.05, 0.1) is 23.5 Å². The summed E-state index contributed by atoms with van der Waals surface area (Å²) < 4.78 is 5.46. The molecule has 1 amide bonds. The van der Waals surface area contributed by atoms with Crippen LogP contribution in [0.3, 0.4) is 0 Å². The number of nitrogens with two attached hydrogens (primary N) is 1. The van der Waals surface area contributed by atoms with Crippen LogP contribution in [-0.4, -0.2) is 17.5 Å². The molecule has 0 unspecified atom stereocenters. The summed E-state index contributed by atoms with van der Waals surface area (Å²) in [5, 5.41) is 2.79. The Labute approximate surface area is 116 Å². The highest BCUT2D eigenvalue weighted by atomic mass is 16.5. The first kappa shape index (κ1) is 13.8. The maximum Gasteiger partial charge on any atom is 0.259 e. The largest absolute Gasteiger partial charge is 0.492 e. The Bertz CT molecular complexity index is 601. The molecule has 0 aliphatic rings. The molecule has 1 aromatic heterocycles. The van der Waals surface area contributed by atoms with Crippen LogP contribution in [0.2, 0.25) is 0 Å². The zero-order valence-electron chi connectivity index (χ0n) is 11.1. The van der Waals surface area contributed by atoms with Crippen molar-refractivity contribution in [1.82, 2.24) is 4.98 Å². The summed E-state index contributed by atoms with van der Waals surface area (Å²) in [5.74, 6) is 5.69. The van der Waals surface area contributed by atoms with Crippen LogP contribution in [0.1, 0.15) is 17.3 Å². The predicted molar refractivity (Wildman–Crippen MR) is 77.6 cm³/mol. The smallest absolute Gasteiger partial charge is 0.259 e. The highest BCUT2D eigenvalue weighted by Gasteiger charge is 2.13. The third kappa shape index (κ3) is 3.04. The SMILES string of the molecule is CCOc1ccccc1NC(=O)c1cnccc1NN. The van der Waals surface area contributed by atoms with E-state index in [0.717, 1.165) is 0 Å². The van der Waals surface area contributed by atoms with Gasteiger partial charge in [0, 0.05) is 12.4 Å². The average molecular weight is 272 g/mol. The van der Waals surface area contributed by atoms with Crippen LogP contribution in [0.15, 0.2) is 42.7 Å². The second kappa shape index (κ2) is 6.53.